The lowest BCUT2D eigenvalue weighted by Crippen LogP contribution is -2.33. The van der Waals surface area contributed by atoms with Crippen LogP contribution < -0.4 is 5.73 Å². The van der Waals surface area contributed by atoms with Crippen LogP contribution in [0.4, 0.5) is 5.95 Å². The molecule has 2 aromatic rings. The second-order valence-corrected chi connectivity index (χ2v) is 7.75. The third kappa shape index (κ3) is 3.84. The smallest absolute Gasteiger partial charge is 0.223 e. The van der Waals surface area contributed by atoms with E-state index in [4.69, 9.17) is 10.5 Å². The fourth-order valence-electron chi connectivity index (χ4n) is 2.74. The number of aliphatic hydroxyl groups is 3. The van der Waals surface area contributed by atoms with E-state index in [2.05, 4.69) is 28.1 Å². The van der Waals surface area contributed by atoms with E-state index in [9.17, 15) is 15.3 Å². The highest BCUT2D eigenvalue weighted by Crippen LogP contribution is 2.37. The molecule has 2 aromatic heterocycles. The van der Waals surface area contributed by atoms with Crippen molar-refractivity contribution in [2.45, 2.75) is 34.7 Å². The fourth-order valence-corrected chi connectivity index (χ4v) is 4.20. The lowest BCUT2D eigenvalue weighted by atomic mass is 10.1. The molecule has 0 aromatic carbocycles. The maximum atomic E-state index is 10.5. The summed E-state index contributed by atoms with van der Waals surface area (Å²) in [6, 6.07) is 0. The molecule has 4 unspecified atom stereocenters. The zero-order valence-electron chi connectivity index (χ0n) is 14.4. The van der Waals surface area contributed by atoms with Crippen molar-refractivity contribution >= 4 is 40.6 Å². The molecule has 11 heteroatoms. The van der Waals surface area contributed by atoms with E-state index in [0.29, 0.717) is 32.9 Å². The van der Waals surface area contributed by atoms with Crippen LogP contribution in [0.5, 0.6) is 0 Å². The van der Waals surface area contributed by atoms with Gasteiger partial charge in [-0.3, -0.25) is 4.57 Å². The first-order valence-corrected chi connectivity index (χ1v) is 10.1. The highest BCUT2D eigenvalue weighted by Gasteiger charge is 2.45. The molecule has 3 heterocycles. The second kappa shape index (κ2) is 8.59. The van der Waals surface area contributed by atoms with Crippen molar-refractivity contribution in [1.82, 2.24) is 19.5 Å². The third-order valence-corrected chi connectivity index (χ3v) is 5.84. The van der Waals surface area contributed by atoms with E-state index in [1.807, 2.05) is 0 Å². The van der Waals surface area contributed by atoms with Gasteiger partial charge < -0.3 is 25.8 Å². The molecule has 0 saturated carbocycles. The van der Waals surface area contributed by atoms with Crippen molar-refractivity contribution in [1.29, 1.82) is 0 Å². The summed E-state index contributed by atoms with van der Waals surface area (Å²) in [6.07, 6.45) is -0.911. The average molecular weight is 412 g/mol. The molecular formula is C16H21N5O4S2. The minimum absolute atomic E-state index is 0.0576. The Labute approximate surface area is 164 Å². The van der Waals surface area contributed by atoms with Crippen LogP contribution in [-0.4, -0.2) is 71.3 Å². The number of fused-ring (bicyclic) bond motifs is 1. The number of nitrogens with zero attached hydrogens (tertiary/aromatic N) is 4. The van der Waals surface area contributed by atoms with E-state index in [1.54, 1.807) is 16.7 Å². The molecule has 3 rings (SSSR count). The Kier molecular flexibility index (Phi) is 6.40. The quantitative estimate of drug-likeness (QED) is 0.277. The molecule has 0 radical (unpaired) electrons. The summed E-state index contributed by atoms with van der Waals surface area (Å²) < 4.78 is 7.27. The average Bonchev–Trinajstić information content (AvgIpc) is 3.15. The minimum atomic E-state index is -1.26. The summed E-state index contributed by atoms with van der Waals surface area (Å²) in [6.45, 7) is 6.98. The third-order valence-electron chi connectivity index (χ3n) is 3.93. The largest absolute Gasteiger partial charge is 0.394 e. The Hall–Kier alpha value is -1.63. The summed E-state index contributed by atoms with van der Waals surface area (Å²) in [5.41, 5.74) is 6.77. The summed E-state index contributed by atoms with van der Waals surface area (Å²) >= 11 is 2.78. The summed E-state index contributed by atoms with van der Waals surface area (Å²) in [5, 5.41) is 31.1. The Morgan fingerprint density at radius 3 is 2.44 bits per heavy atom. The molecule has 146 valence electrons. The number of hydrogen-bond acceptors (Lipinski definition) is 10. The molecule has 1 saturated heterocycles. The van der Waals surface area contributed by atoms with Crippen molar-refractivity contribution < 1.29 is 20.1 Å². The summed E-state index contributed by atoms with van der Waals surface area (Å²) in [4.78, 5) is 13.1. The topological polar surface area (TPSA) is 140 Å². The predicted octanol–water partition coefficient (Wildman–Crippen LogP) is 0.576. The molecule has 1 aliphatic rings. The van der Waals surface area contributed by atoms with Crippen LogP contribution in [0.1, 0.15) is 6.23 Å². The number of hydrogen-bond donors (Lipinski definition) is 4. The first-order valence-electron chi connectivity index (χ1n) is 8.17. The van der Waals surface area contributed by atoms with Crippen LogP contribution in [0.15, 0.2) is 35.5 Å². The van der Waals surface area contributed by atoms with Gasteiger partial charge in [-0.1, -0.05) is 35.7 Å². The monoisotopic (exact) mass is 411 g/mol. The van der Waals surface area contributed by atoms with Gasteiger partial charge in [0.2, 0.25) is 5.95 Å². The number of imidazole rings is 1. The first kappa shape index (κ1) is 20.1. The van der Waals surface area contributed by atoms with Crippen molar-refractivity contribution in [3.05, 3.63) is 25.3 Å². The van der Waals surface area contributed by atoms with E-state index < -0.39 is 31.1 Å². The lowest BCUT2D eigenvalue weighted by Gasteiger charge is -2.19. The van der Waals surface area contributed by atoms with Gasteiger partial charge in [-0.15, -0.1) is 13.2 Å². The number of thioether (sulfide) groups is 2. The molecule has 4 atom stereocenters. The van der Waals surface area contributed by atoms with Crippen LogP contribution in [-0.2, 0) is 4.74 Å². The Morgan fingerprint density at radius 1 is 1.11 bits per heavy atom. The fraction of sp³-hybridized carbons (Fsp3) is 0.438. The molecule has 9 nitrogen and oxygen atoms in total. The molecule has 27 heavy (non-hydrogen) atoms. The predicted molar refractivity (Wildman–Crippen MR) is 105 cm³/mol. The summed E-state index contributed by atoms with van der Waals surface area (Å²) in [7, 11) is 0. The SMILES string of the molecule is C=CCSc1nc(N)nc2c1nc(SCC=C)n2C1OC(CO)C(O)C1O. The van der Waals surface area contributed by atoms with Gasteiger partial charge in [0.25, 0.3) is 0 Å². The second-order valence-electron chi connectivity index (χ2n) is 5.75. The van der Waals surface area contributed by atoms with Crippen LogP contribution in [0, 0.1) is 0 Å². The Morgan fingerprint density at radius 2 is 1.81 bits per heavy atom. The van der Waals surface area contributed by atoms with E-state index in [-0.39, 0.29) is 5.95 Å². The number of rotatable bonds is 8. The number of aromatic nitrogens is 4. The molecule has 1 aliphatic heterocycles. The standard InChI is InChI=1S/C16H21N5O4S2/c1-3-5-26-13-9-12(19-15(17)20-13)21(16(18-9)27-6-4-2)14-11(24)10(23)8(7-22)25-14/h3-4,8,10-11,14,22-24H,1-2,5-7H2,(H2,17,19,20). The van der Waals surface area contributed by atoms with Gasteiger partial charge in [0.15, 0.2) is 17.0 Å². The van der Waals surface area contributed by atoms with Crippen molar-refractivity contribution in [3.8, 4) is 0 Å². The molecular weight excluding hydrogens is 390 g/mol. The molecule has 0 aliphatic carbocycles. The first-order chi connectivity index (χ1) is 13.0. The minimum Gasteiger partial charge on any atom is -0.394 e. The zero-order chi connectivity index (χ0) is 19.6. The van der Waals surface area contributed by atoms with Crippen LogP contribution >= 0.6 is 23.5 Å². The molecule has 1 fully saturated rings. The maximum absolute atomic E-state index is 10.5. The van der Waals surface area contributed by atoms with E-state index in [1.165, 1.54) is 23.5 Å². The Balaban J connectivity index is 2.15. The van der Waals surface area contributed by atoms with Crippen LogP contribution in [0.3, 0.4) is 0 Å². The van der Waals surface area contributed by atoms with E-state index >= 15 is 0 Å². The Bertz CT molecular complexity index is 846. The van der Waals surface area contributed by atoms with Gasteiger partial charge in [0.05, 0.1) is 6.61 Å². The molecule has 0 bridgehead atoms. The van der Waals surface area contributed by atoms with Crippen molar-refractivity contribution in [2.75, 3.05) is 23.8 Å². The number of aliphatic hydroxyl groups excluding tert-OH is 3. The normalized spacial score (nSPS) is 25.1. The van der Waals surface area contributed by atoms with Gasteiger partial charge in [-0.2, -0.15) is 4.98 Å². The van der Waals surface area contributed by atoms with Gasteiger partial charge in [-0.05, 0) is 0 Å². The number of nitrogen functional groups attached to an aromatic ring is 1. The highest BCUT2D eigenvalue weighted by atomic mass is 32.2. The van der Waals surface area contributed by atoms with Gasteiger partial charge >= 0.3 is 0 Å². The maximum Gasteiger partial charge on any atom is 0.223 e. The van der Waals surface area contributed by atoms with Crippen molar-refractivity contribution in [2.24, 2.45) is 0 Å². The van der Waals surface area contributed by atoms with Gasteiger partial charge in [0, 0.05) is 11.5 Å². The number of anilines is 1. The molecule has 0 spiro atoms. The number of ether oxygens (including phenoxy) is 1. The molecule has 0 amide bonds. The molecule has 5 N–H and O–H groups in total. The van der Waals surface area contributed by atoms with Gasteiger partial charge in [0.1, 0.15) is 28.9 Å². The van der Waals surface area contributed by atoms with Crippen LogP contribution in [0.25, 0.3) is 11.2 Å². The lowest BCUT2D eigenvalue weighted by molar-refractivity contribution is -0.0548. The highest BCUT2D eigenvalue weighted by molar-refractivity contribution is 7.99. The number of nitrogens with two attached hydrogens (primary N) is 1. The van der Waals surface area contributed by atoms with Crippen molar-refractivity contribution in [3.63, 3.8) is 0 Å². The van der Waals surface area contributed by atoms with Gasteiger partial charge in [-0.25, -0.2) is 9.97 Å². The zero-order valence-corrected chi connectivity index (χ0v) is 16.1. The van der Waals surface area contributed by atoms with E-state index in [0.717, 1.165) is 0 Å². The van der Waals surface area contributed by atoms with Crippen LogP contribution in [0.2, 0.25) is 0 Å². The summed E-state index contributed by atoms with van der Waals surface area (Å²) in [5.74, 6) is 1.24.